The Morgan fingerprint density at radius 2 is 2.19 bits per heavy atom. The molecule has 5 heteroatoms. The second kappa shape index (κ2) is 4.67. The molecule has 0 spiro atoms. The highest BCUT2D eigenvalue weighted by molar-refractivity contribution is 9.10. The summed E-state index contributed by atoms with van der Waals surface area (Å²) in [5, 5.41) is 0. The molecular weight excluding hydrogens is 270 g/mol. The molecule has 1 heterocycles. The Morgan fingerprint density at radius 1 is 1.44 bits per heavy atom. The first-order chi connectivity index (χ1) is 7.76. The van der Waals surface area contributed by atoms with Gasteiger partial charge in [0.15, 0.2) is 4.73 Å². The zero-order chi connectivity index (χ0) is 11.5. The maximum absolute atomic E-state index is 5.66. The van der Waals surface area contributed by atoms with E-state index in [9.17, 15) is 0 Å². The second-order valence-electron chi connectivity index (χ2n) is 3.26. The summed E-state index contributed by atoms with van der Waals surface area (Å²) in [6.45, 7) is 0.409. The summed E-state index contributed by atoms with van der Waals surface area (Å²) in [4.78, 5) is 7.43. The highest BCUT2D eigenvalue weighted by atomic mass is 79.9. The van der Waals surface area contributed by atoms with Gasteiger partial charge in [-0.2, -0.15) is 0 Å². The predicted molar refractivity (Wildman–Crippen MR) is 66.2 cm³/mol. The van der Waals surface area contributed by atoms with E-state index in [0.29, 0.717) is 11.3 Å². The van der Waals surface area contributed by atoms with Crippen molar-refractivity contribution >= 4 is 15.9 Å². The molecule has 0 saturated heterocycles. The van der Waals surface area contributed by atoms with Gasteiger partial charge in [-0.05, 0) is 28.1 Å². The normalized spacial score (nSPS) is 10.4. The lowest BCUT2D eigenvalue weighted by Gasteiger charge is -2.06. The average molecular weight is 282 g/mol. The Hall–Kier alpha value is -1.33. The fraction of sp³-hybridized carbons (Fsp3) is 0.182. The molecule has 16 heavy (non-hydrogen) atoms. The van der Waals surface area contributed by atoms with Gasteiger partial charge >= 0.3 is 0 Å². The number of halogens is 1. The fourth-order valence-corrected chi connectivity index (χ4v) is 2.00. The number of aromatic nitrogens is 2. The number of ether oxygens (including phenoxy) is 1. The molecule has 0 fully saturated rings. The smallest absolute Gasteiger partial charge is 0.175 e. The van der Waals surface area contributed by atoms with Gasteiger partial charge in [0.25, 0.3) is 0 Å². The number of hydrogen-bond donors (Lipinski definition) is 2. The molecule has 0 saturated carbocycles. The largest absolute Gasteiger partial charge is 0.496 e. The van der Waals surface area contributed by atoms with Crippen LogP contribution in [0.4, 0.5) is 0 Å². The van der Waals surface area contributed by atoms with E-state index in [0.717, 1.165) is 22.7 Å². The van der Waals surface area contributed by atoms with Gasteiger partial charge in [-0.1, -0.05) is 12.1 Å². The van der Waals surface area contributed by atoms with E-state index in [2.05, 4.69) is 25.9 Å². The number of imidazole rings is 1. The number of aromatic amines is 1. The lowest BCUT2D eigenvalue weighted by Crippen LogP contribution is -1.99. The first-order valence-electron chi connectivity index (χ1n) is 4.84. The molecule has 0 amide bonds. The number of methoxy groups -OCH3 is 1. The van der Waals surface area contributed by atoms with E-state index in [1.807, 2.05) is 24.3 Å². The minimum atomic E-state index is 0.409. The van der Waals surface area contributed by atoms with Crippen LogP contribution in [0.1, 0.15) is 5.69 Å². The van der Waals surface area contributed by atoms with Crippen molar-refractivity contribution in [1.29, 1.82) is 0 Å². The number of nitrogens with one attached hydrogen (secondary N) is 1. The van der Waals surface area contributed by atoms with E-state index in [4.69, 9.17) is 10.5 Å². The monoisotopic (exact) mass is 281 g/mol. The molecule has 84 valence electrons. The van der Waals surface area contributed by atoms with Crippen LogP contribution < -0.4 is 10.5 Å². The number of hydrogen-bond acceptors (Lipinski definition) is 3. The molecule has 0 unspecified atom stereocenters. The average Bonchev–Trinajstić information content (AvgIpc) is 2.70. The van der Waals surface area contributed by atoms with Gasteiger partial charge in [0.1, 0.15) is 5.75 Å². The zero-order valence-electron chi connectivity index (χ0n) is 8.83. The van der Waals surface area contributed by atoms with Crippen molar-refractivity contribution in [1.82, 2.24) is 9.97 Å². The first-order valence-corrected chi connectivity index (χ1v) is 5.63. The molecule has 2 aromatic rings. The molecule has 1 aromatic heterocycles. The van der Waals surface area contributed by atoms with Crippen LogP contribution in [0, 0.1) is 0 Å². The van der Waals surface area contributed by atoms with Crippen molar-refractivity contribution < 1.29 is 4.74 Å². The van der Waals surface area contributed by atoms with Crippen LogP contribution in [-0.4, -0.2) is 17.1 Å². The Kier molecular flexibility index (Phi) is 3.26. The molecule has 1 aromatic carbocycles. The number of rotatable bonds is 3. The van der Waals surface area contributed by atoms with Crippen LogP contribution in [0.25, 0.3) is 11.3 Å². The summed E-state index contributed by atoms with van der Waals surface area (Å²) in [6, 6.07) is 7.73. The van der Waals surface area contributed by atoms with Crippen LogP contribution in [0.5, 0.6) is 5.75 Å². The van der Waals surface area contributed by atoms with E-state index < -0.39 is 0 Å². The summed E-state index contributed by atoms with van der Waals surface area (Å²) >= 11 is 3.30. The molecular formula is C11H12BrN3O. The number of benzene rings is 1. The Morgan fingerprint density at radius 3 is 2.88 bits per heavy atom. The molecule has 4 nitrogen and oxygen atoms in total. The van der Waals surface area contributed by atoms with Gasteiger partial charge in [0.05, 0.1) is 18.5 Å². The lowest BCUT2D eigenvalue weighted by atomic mass is 10.1. The van der Waals surface area contributed by atoms with Gasteiger partial charge in [-0.15, -0.1) is 0 Å². The second-order valence-corrected chi connectivity index (χ2v) is 4.01. The molecule has 2 rings (SSSR count). The molecule has 0 bridgehead atoms. The third kappa shape index (κ3) is 1.96. The maximum atomic E-state index is 5.66. The van der Waals surface area contributed by atoms with Gasteiger partial charge < -0.3 is 15.5 Å². The molecule has 0 aliphatic heterocycles. The summed E-state index contributed by atoms with van der Waals surface area (Å²) in [6.07, 6.45) is 0. The van der Waals surface area contributed by atoms with Crippen molar-refractivity contribution in [2.45, 2.75) is 6.54 Å². The van der Waals surface area contributed by atoms with Crippen LogP contribution in [0.2, 0.25) is 0 Å². The van der Waals surface area contributed by atoms with E-state index >= 15 is 0 Å². The molecule has 0 radical (unpaired) electrons. The van der Waals surface area contributed by atoms with Crippen LogP contribution in [0.3, 0.4) is 0 Å². The van der Waals surface area contributed by atoms with Crippen LogP contribution in [-0.2, 0) is 6.54 Å². The molecule has 3 N–H and O–H groups in total. The number of H-pyrrole nitrogens is 1. The Bertz CT molecular complexity index is 496. The summed E-state index contributed by atoms with van der Waals surface area (Å²) in [5.41, 5.74) is 8.31. The summed E-state index contributed by atoms with van der Waals surface area (Å²) < 4.78 is 5.97. The SMILES string of the molecule is COc1ccccc1-c1nc(Br)[nH]c1CN. The van der Waals surface area contributed by atoms with Gasteiger partial charge in [-0.3, -0.25) is 0 Å². The standard InChI is InChI=1S/C11H12BrN3O/c1-16-9-5-3-2-4-7(9)10-8(6-13)14-11(12)15-10/h2-5H,6,13H2,1H3,(H,14,15). The van der Waals surface area contributed by atoms with Crippen LogP contribution >= 0.6 is 15.9 Å². The molecule has 0 aliphatic rings. The zero-order valence-corrected chi connectivity index (χ0v) is 10.4. The van der Waals surface area contributed by atoms with Crippen molar-refractivity contribution in [3.05, 3.63) is 34.7 Å². The number of para-hydroxylation sites is 1. The van der Waals surface area contributed by atoms with Crippen LogP contribution in [0.15, 0.2) is 29.0 Å². The fourth-order valence-electron chi connectivity index (χ4n) is 1.59. The minimum absolute atomic E-state index is 0.409. The van der Waals surface area contributed by atoms with Gasteiger partial charge in [0.2, 0.25) is 0 Å². The van der Waals surface area contributed by atoms with E-state index in [1.54, 1.807) is 7.11 Å². The minimum Gasteiger partial charge on any atom is -0.496 e. The number of nitrogens with two attached hydrogens (primary N) is 1. The van der Waals surface area contributed by atoms with Gasteiger partial charge in [-0.25, -0.2) is 4.98 Å². The maximum Gasteiger partial charge on any atom is 0.175 e. The van der Waals surface area contributed by atoms with Crippen molar-refractivity contribution in [2.75, 3.05) is 7.11 Å². The lowest BCUT2D eigenvalue weighted by molar-refractivity contribution is 0.416. The third-order valence-electron chi connectivity index (χ3n) is 2.32. The van der Waals surface area contributed by atoms with Crippen molar-refractivity contribution in [3.63, 3.8) is 0 Å². The van der Waals surface area contributed by atoms with E-state index in [-0.39, 0.29) is 0 Å². The quantitative estimate of drug-likeness (QED) is 0.908. The number of nitrogens with zero attached hydrogens (tertiary/aromatic N) is 1. The topological polar surface area (TPSA) is 63.9 Å². The molecule has 0 atom stereocenters. The van der Waals surface area contributed by atoms with Gasteiger partial charge in [0, 0.05) is 12.1 Å². The van der Waals surface area contributed by atoms with E-state index in [1.165, 1.54) is 0 Å². The highest BCUT2D eigenvalue weighted by Crippen LogP contribution is 2.31. The molecule has 0 aliphatic carbocycles. The predicted octanol–water partition coefficient (Wildman–Crippen LogP) is 2.31. The van der Waals surface area contributed by atoms with Crippen molar-refractivity contribution in [3.8, 4) is 17.0 Å². The Labute approximate surface area is 102 Å². The van der Waals surface area contributed by atoms with Crippen molar-refractivity contribution in [2.24, 2.45) is 5.73 Å². The highest BCUT2D eigenvalue weighted by Gasteiger charge is 2.13. The summed E-state index contributed by atoms with van der Waals surface area (Å²) in [5.74, 6) is 0.788. The first kappa shape index (κ1) is 11.2. The third-order valence-corrected chi connectivity index (χ3v) is 2.69. The summed E-state index contributed by atoms with van der Waals surface area (Å²) in [7, 11) is 1.64. The Balaban J connectivity index is 2.57.